The molecule has 0 N–H and O–H groups in total. The van der Waals surface area contributed by atoms with Gasteiger partial charge in [-0.15, -0.1) is 5.10 Å². The second-order valence-corrected chi connectivity index (χ2v) is 6.22. The van der Waals surface area contributed by atoms with Gasteiger partial charge in [-0.25, -0.2) is 0 Å². The lowest BCUT2D eigenvalue weighted by Gasteiger charge is -2.04. The molecule has 0 saturated carbocycles. The topological polar surface area (TPSA) is 41.8 Å². The van der Waals surface area contributed by atoms with Gasteiger partial charge in [-0.2, -0.15) is 5.10 Å². The second kappa shape index (κ2) is 8.31. The molecular formula is C21H15BrN2O. The van der Waals surface area contributed by atoms with E-state index in [0.29, 0.717) is 11.3 Å². The number of nitrogens with zero attached hydrogens (tertiary/aromatic N) is 2. The van der Waals surface area contributed by atoms with Crippen LogP contribution < -0.4 is 0 Å². The lowest BCUT2D eigenvalue weighted by atomic mass is 10.0. The number of benzene rings is 3. The molecule has 0 amide bonds. The van der Waals surface area contributed by atoms with Gasteiger partial charge in [-0.3, -0.25) is 4.79 Å². The molecule has 3 nitrogen and oxygen atoms in total. The van der Waals surface area contributed by atoms with Crippen molar-refractivity contribution in [3.8, 4) is 0 Å². The lowest BCUT2D eigenvalue weighted by Crippen LogP contribution is -2.15. The number of hydrogen-bond acceptors (Lipinski definition) is 3. The van der Waals surface area contributed by atoms with Gasteiger partial charge in [0.1, 0.15) is 5.71 Å². The number of Topliss-reactive ketones (excluding diaryl/α,β-unsaturated/α-hetero) is 1. The van der Waals surface area contributed by atoms with Gasteiger partial charge in [0.05, 0.1) is 6.21 Å². The molecule has 0 unspecified atom stereocenters. The third kappa shape index (κ3) is 4.58. The maximum Gasteiger partial charge on any atom is 0.213 e. The first-order valence-electron chi connectivity index (χ1n) is 7.76. The van der Waals surface area contributed by atoms with Gasteiger partial charge in [-0.1, -0.05) is 88.7 Å². The van der Waals surface area contributed by atoms with Gasteiger partial charge in [0.2, 0.25) is 5.78 Å². The molecule has 0 fully saturated rings. The summed E-state index contributed by atoms with van der Waals surface area (Å²) in [4.78, 5) is 12.8. The SMILES string of the molecule is O=C(/C(=N\N=C/c1ccc(Br)cc1)c1ccccc1)c1ccccc1. The summed E-state index contributed by atoms with van der Waals surface area (Å²) in [6.45, 7) is 0. The van der Waals surface area contributed by atoms with E-state index in [4.69, 9.17) is 0 Å². The average molecular weight is 391 g/mol. The largest absolute Gasteiger partial charge is 0.287 e. The molecule has 3 rings (SSSR count). The minimum Gasteiger partial charge on any atom is -0.287 e. The standard InChI is InChI=1S/C21H15BrN2O/c22-19-13-11-16(12-14-19)15-23-24-20(17-7-3-1-4-8-17)21(25)18-9-5-2-6-10-18/h1-15H/b23-15-,24-20-. The molecule has 0 spiro atoms. The molecule has 0 saturated heterocycles. The third-order valence-electron chi connectivity index (χ3n) is 3.53. The van der Waals surface area contributed by atoms with E-state index in [9.17, 15) is 4.79 Å². The first-order chi connectivity index (χ1) is 12.2. The highest BCUT2D eigenvalue weighted by atomic mass is 79.9. The van der Waals surface area contributed by atoms with Crippen LogP contribution in [-0.2, 0) is 0 Å². The predicted octanol–water partition coefficient (Wildman–Crippen LogP) is 5.16. The number of ketones is 1. The van der Waals surface area contributed by atoms with Crippen molar-refractivity contribution in [3.05, 3.63) is 106 Å². The fourth-order valence-corrected chi connectivity index (χ4v) is 2.52. The minimum absolute atomic E-state index is 0.153. The summed E-state index contributed by atoms with van der Waals surface area (Å²) in [5.41, 5.74) is 2.56. The summed E-state index contributed by atoms with van der Waals surface area (Å²) in [5, 5.41) is 8.33. The summed E-state index contributed by atoms with van der Waals surface area (Å²) in [6.07, 6.45) is 1.63. The van der Waals surface area contributed by atoms with Crippen molar-refractivity contribution in [2.45, 2.75) is 0 Å². The molecule has 0 bridgehead atoms. The number of halogens is 1. The van der Waals surface area contributed by atoms with Crippen molar-refractivity contribution in [2.24, 2.45) is 10.2 Å². The minimum atomic E-state index is -0.153. The van der Waals surface area contributed by atoms with Crippen molar-refractivity contribution in [1.82, 2.24) is 0 Å². The van der Waals surface area contributed by atoms with E-state index in [1.165, 1.54) is 0 Å². The highest BCUT2D eigenvalue weighted by Gasteiger charge is 2.15. The van der Waals surface area contributed by atoms with Crippen LogP contribution in [0, 0.1) is 0 Å². The smallest absolute Gasteiger partial charge is 0.213 e. The fourth-order valence-electron chi connectivity index (χ4n) is 2.26. The average Bonchev–Trinajstić information content (AvgIpc) is 2.67. The molecule has 4 heteroatoms. The maximum absolute atomic E-state index is 12.8. The van der Waals surface area contributed by atoms with Crippen LogP contribution >= 0.6 is 15.9 Å². The Balaban J connectivity index is 1.94. The van der Waals surface area contributed by atoms with Crippen LogP contribution in [0.1, 0.15) is 21.5 Å². The number of carbonyl (C=O) groups excluding carboxylic acids is 1. The van der Waals surface area contributed by atoms with E-state index in [0.717, 1.165) is 15.6 Å². The van der Waals surface area contributed by atoms with Crippen molar-refractivity contribution >= 4 is 33.6 Å². The summed E-state index contributed by atoms with van der Waals surface area (Å²) >= 11 is 3.40. The highest BCUT2D eigenvalue weighted by molar-refractivity contribution is 9.10. The molecule has 0 aliphatic heterocycles. The Morgan fingerprint density at radius 3 is 1.92 bits per heavy atom. The monoisotopic (exact) mass is 390 g/mol. The molecule has 0 aromatic heterocycles. The summed E-state index contributed by atoms with van der Waals surface area (Å²) in [5.74, 6) is -0.153. The van der Waals surface area contributed by atoms with Crippen LogP contribution in [0.4, 0.5) is 0 Å². The molecule has 3 aromatic rings. The summed E-state index contributed by atoms with van der Waals surface area (Å²) in [7, 11) is 0. The van der Waals surface area contributed by atoms with E-state index >= 15 is 0 Å². The molecule has 3 aromatic carbocycles. The quantitative estimate of drug-likeness (QED) is 0.337. The fraction of sp³-hybridized carbons (Fsp3) is 0. The van der Waals surface area contributed by atoms with Crippen LogP contribution in [0.15, 0.2) is 99.6 Å². The highest BCUT2D eigenvalue weighted by Crippen LogP contribution is 2.11. The van der Waals surface area contributed by atoms with Crippen molar-refractivity contribution in [2.75, 3.05) is 0 Å². The molecule has 0 heterocycles. The van der Waals surface area contributed by atoms with Gasteiger partial charge in [0.25, 0.3) is 0 Å². The lowest BCUT2D eigenvalue weighted by molar-refractivity contribution is 0.106. The first-order valence-corrected chi connectivity index (χ1v) is 8.55. The Kier molecular flexibility index (Phi) is 5.65. The number of rotatable bonds is 5. The van der Waals surface area contributed by atoms with E-state index in [2.05, 4.69) is 26.1 Å². The molecule has 0 aliphatic rings. The van der Waals surface area contributed by atoms with Gasteiger partial charge < -0.3 is 0 Å². The van der Waals surface area contributed by atoms with E-state index in [1.54, 1.807) is 18.3 Å². The van der Waals surface area contributed by atoms with Crippen LogP contribution in [0.2, 0.25) is 0 Å². The molecule has 25 heavy (non-hydrogen) atoms. The van der Waals surface area contributed by atoms with Crippen molar-refractivity contribution in [3.63, 3.8) is 0 Å². The summed E-state index contributed by atoms with van der Waals surface area (Å²) in [6, 6.07) is 26.2. The Labute approximate surface area is 154 Å². The van der Waals surface area contributed by atoms with E-state index in [-0.39, 0.29) is 5.78 Å². The molecule has 0 atom stereocenters. The Bertz CT molecular complexity index is 902. The van der Waals surface area contributed by atoms with Crippen LogP contribution in [0.3, 0.4) is 0 Å². The Morgan fingerprint density at radius 1 is 0.760 bits per heavy atom. The number of carbonyl (C=O) groups is 1. The van der Waals surface area contributed by atoms with Crippen molar-refractivity contribution in [1.29, 1.82) is 0 Å². The zero-order valence-electron chi connectivity index (χ0n) is 13.3. The summed E-state index contributed by atoms with van der Waals surface area (Å²) < 4.78 is 0.998. The van der Waals surface area contributed by atoms with Gasteiger partial charge >= 0.3 is 0 Å². The van der Waals surface area contributed by atoms with Gasteiger partial charge in [0, 0.05) is 15.6 Å². The van der Waals surface area contributed by atoms with Crippen LogP contribution in [-0.4, -0.2) is 17.7 Å². The Hall–Kier alpha value is -2.85. The molecule has 0 radical (unpaired) electrons. The molecule has 0 aliphatic carbocycles. The van der Waals surface area contributed by atoms with E-state index in [1.807, 2.05) is 72.8 Å². The zero-order chi connectivity index (χ0) is 17.5. The zero-order valence-corrected chi connectivity index (χ0v) is 14.9. The molecular weight excluding hydrogens is 376 g/mol. The number of hydrogen-bond donors (Lipinski definition) is 0. The molecule has 122 valence electrons. The Morgan fingerprint density at radius 2 is 1.32 bits per heavy atom. The van der Waals surface area contributed by atoms with Crippen LogP contribution in [0.25, 0.3) is 0 Å². The van der Waals surface area contributed by atoms with Gasteiger partial charge in [0.15, 0.2) is 0 Å². The maximum atomic E-state index is 12.8. The van der Waals surface area contributed by atoms with Crippen molar-refractivity contribution < 1.29 is 4.79 Å². The second-order valence-electron chi connectivity index (χ2n) is 5.31. The predicted molar refractivity (Wildman–Crippen MR) is 105 cm³/mol. The first kappa shape index (κ1) is 17.0. The third-order valence-corrected chi connectivity index (χ3v) is 4.06. The van der Waals surface area contributed by atoms with E-state index < -0.39 is 0 Å². The van der Waals surface area contributed by atoms with Crippen LogP contribution in [0.5, 0.6) is 0 Å². The normalized spacial score (nSPS) is 11.6. The van der Waals surface area contributed by atoms with Gasteiger partial charge in [-0.05, 0) is 17.7 Å².